The second-order valence-corrected chi connectivity index (χ2v) is 4.08. The average molecular weight is 240 g/mol. The van der Waals surface area contributed by atoms with Crippen LogP contribution in [0.1, 0.15) is 32.1 Å². The van der Waals surface area contributed by atoms with Crippen molar-refractivity contribution in [1.82, 2.24) is 0 Å². The topological polar surface area (TPSA) is 80.7 Å². The number of carbonyl (C=O) groups is 3. The van der Waals surface area contributed by atoms with Gasteiger partial charge in [0.15, 0.2) is 12.4 Å². The molecule has 1 rings (SSSR count). The van der Waals surface area contributed by atoms with E-state index in [9.17, 15) is 14.4 Å². The molecule has 17 heavy (non-hydrogen) atoms. The number of ether oxygens (including phenoxy) is 1. The molecular formula is C12H16O5. The van der Waals surface area contributed by atoms with Gasteiger partial charge in [-0.05, 0) is 12.8 Å². The number of ketones is 1. The summed E-state index contributed by atoms with van der Waals surface area (Å²) in [6.07, 6.45) is 6.46. The molecule has 0 spiro atoms. The van der Waals surface area contributed by atoms with Gasteiger partial charge in [-0.3, -0.25) is 4.79 Å². The fourth-order valence-corrected chi connectivity index (χ4v) is 1.87. The van der Waals surface area contributed by atoms with Gasteiger partial charge in [-0.25, -0.2) is 9.59 Å². The zero-order chi connectivity index (χ0) is 12.7. The van der Waals surface area contributed by atoms with Crippen molar-refractivity contribution in [1.29, 1.82) is 0 Å². The second-order valence-electron chi connectivity index (χ2n) is 4.08. The van der Waals surface area contributed by atoms with Crippen molar-refractivity contribution in [3.8, 4) is 0 Å². The Hall–Kier alpha value is -1.65. The minimum absolute atomic E-state index is 0.00000310. The highest BCUT2D eigenvalue weighted by molar-refractivity contribution is 5.92. The molecule has 5 heteroatoms. The van der Waals surface area contributed by atoms with Gasteiger partial charge in [0.25, 0.3) is 0 Å². The number of carboxylic acid groups (broad SMARTS) is 1. The molecule has 0 heterocycles. The molecule has 0 aliphatic heterocycles. The van der Waals surface area contributed by atoms with Gasteiger partial charge in [0, 0.05) is 18.1 Å². The third kappa shape index (κ3) is 5.29. The summed E-state index contributed by atoms with van der Waals surface area (Å²) in [7, 11) is 0. The standard InChI is InChI=1S/C12H16O5/c13-10(9-4-2-1-3-5-9)8-17-12(16)7-6-11(14)15/h6-7,9H,1-5,8H2,(H,14,15)/b7-6+. The Balaban J connectivity index is 2.27. The largest absolute Gasteiger partial charge is 0.478 e. The summed E-state index contributed by atoms with van der Waals surface area (Å²) in [4.78, 5) is 32.8. The third-order valence-electron chi connectivity index (χ3n) is 2.78. The van der Waals surface area contributed by atoms with Crippen molar-refractivity contribution < 1.29 is 24.2 Å². The van der Waals surface area contributed by atoms with Gasteiger partial charge in [0.2, 0.25) is 0 Å². The first-order valence-corrected chi connectivity index (χ1v) is 5.70. The van der Waals surface area contributed by atoms with Crippen LogP contribution >= 0.6 is 0 Å². The molecule has 1 aliphatic rings. The molecule has 1 aliphatic carbocycles. The van der Waals surface area contributed by atoms with Gasteiger partial charge in [0.05, 0.1) is 0 Å². The lowest BCUT2D eigenvalue weighted by molar-refractivity contribution is -0.145. The minimum atomic E-state index is -1.22. The minimum Gasteiger partial charge on any atom is -0.478 e. The summed E-state index contributed by atoms with van der Waals surface area (Å²) >= 11 is 0. The van der Waals surface area contributed by atoms with Crippen LogP contribution in [0.25, 0.3) is 0 Å². The number of hydrogen-bond donors (Lipinski definition) is 1. The van der Waals surface area contributed by atoms with Crippen LogP contribution in [0.2, 0.25) is 0 Å². The van der Waals surface area contributed by atoms with Gasteiger partial charge in [-0.2, -0.15) is 0 Å². The van der Waals surface area contributed by atoms with Crippen molar-refractivity contribution in [2.24, 2.45) is 5.92 Å². The number of carbonyl (C=O) groups excluding carboxylic acids is 2. The third-order valence-corrected chi connectivity index (χ3v) is 2.78. The Morgan fingerprint density at radius 2 is 1.76 bits per heavy atom. The van der Waals surface area contributed by atoms with Gasteiger partial charge >= 0.3 is 11.9 Å². The quantitative estimate of drug-likeness (QED) is 0.579. The maximum Gasteiger partial charge on any atom is 0.331 e. The van der Waals surface area contributed by atoms with Crippen LogP contribution in [-0.2, 0) is 19.1 Å². The molecule has 0 saturated heterocycles. The Bertz CT molecular complexity index is 326. The zero-order valence-corrected chi connectivity index (χ0v) is 9.55. The fourth-order valence-electron chi connectivity index (χ4n) is 1.87. The molecule has 5 nitrogen and oxygen atoms in total. The van der Waals surface area contributed by atoms with E-state index in [1.54, 1.807) is 0 Å². The molecule has 1 saturated carbocycles. The molecule has 94 valence electrons. The van der Waals surface area contributed by atoms with Crippen molar-refractivity contribution in [2.75, 3.05) is 6.61 Å². The second kappa shape index (κ2) is 6.83. The van der Waals surface area contributed by atoms with E-state index in [-0.39, 0.29) is 18.3 Å². The van der Waals surface area contributed by atoms with Crippen LogP contribution in [0.5, 0.6) is 0 Å². The highest BCUT2D eigenvalue weighted by atomic mass is 16.5. The molecule has 0 aromatic rings. The van der Waals surface area contributed by atoms with E-state index in [0.29, 0.717) is 6.08 Å². The summed E-state index contributed by atoms with van der Waals surface area (Å²) in [6, 6.07) is 0. The van der Waals surface area contributed by atoms with Crippen molar-refractivity contribution >= 4 is 17.7 Å². The van der Waals surface area contributed by atoms with Crippen LogP contribution in [0.3, 0.4) is 0 Å². The van der Waals surface area contributed by atoms with Crippen LogP contribution in [0.4, 0.5) is 0 Å². The monoisotopic (exact) mass is 240 g/mol. The molecule has 0 unspecified atom stereocenters. The summed E-state index contributed by atoms with van der Waals surface area (Å²) < 4.78 is 4.67. The molecule has 0 aromatic heterocycles. The first-order valence-electron chi connectivity index (χ1n) is 5.70. The molecule has 1 N–H and O–H groups in total. The maximum absolute atomic E-state index is 11.6. The van der Waals surface area contributed by atoms with Gasteiger partial charge in [0.1, 0.15) is 0 Å². The Kier molecular flexibility index (Phi) is 5.39. The SMILES string of the molecule is O=C(O)/C=C/C(=O)OCC(=O)C1CCCCC1. The van der Waals surface area contributed by atoms with E-state index < -0.39 is 11.9 Å². The van der Waals surface area contributed by atoms with E-state index in [0.717, 1.165) is 38.2 Å². The zero-order valence-electron chi connectivity index (χ0n) is 9.55. The molecule has 0 aromatic carbocycles. The molecule has 0 atom stereocenters. The van der Waals surface area contributed by atoms with Gasteiger partial charge in [-0.1, -0.05) is 19.3 Å². The average Bonchev–Trinajstić information content (AvgIpc) is 2.34. The number of hydrogen-bond acceptors (Lipinski definition) is 4. The molecule has 0 bridgehead atoms. The van der Waals surface area contributed by atoms with E-state index in [1.165, 1.54) is 0 Å². The first kappa shape index (κ1) is 13.4. The smallest absolute Gasteiger partial charge is 0.331 e. The Morgan fingerprint density at radius 3 is 2.35 bits per heavy atom. The van der Waals surface area contributed by atoms with Crippen LogP contribution in [0.15, 0.2) is 12.2 Å². The normalized spacial score (nSPS) is 16.9. The molecular weight excluding hydrogens is 224 g/mol. The van der Waals surface area contributed by atoms with Crippen molar-refractivity contribution in [3.05, 3.63) is 12.2 Å². The van der Waals surface area contributed by atoms with E-state index in [1.807, 2.05) is 0 Å². The number of carboxylic acids is 1. The lowest BCUT2D eigenvalue weighted by Gasteiger charge is -2.19. The maximum atomic E-state index is 11.6. The summed E-state index contributed by atoms with van der Waals surface area (Å²) in [5, 5.41) is 8.28. The fraction of sp³-hybridized carbons (Fsp3) is 0.583. The number of aliphatic carboxylic acids is 1. The van der Waals surface area contributed by atoms with E-state index in [4.69, 9.17) is 5.11 Å². The van der Waals surface area contributed by atoms with Gasteiger partial charge in [-0.15, -0.1) is 0 Å². The van der Waals surface area contributed by atoms with Crippen molar-refractivity contribution in [2.45, 2.75) is 32.1 Å². The lowest BCUT2D eigenvalue weighted by atomic mass is 9.86. The number of esters is 1. The number of rotatable bonds is 5. The highest BCUT2D eigenvalue weighted by Gasteiger charge is 2.21. The highest BCUT2D eigenvalue weighted by Crippen LogP contribution is 2.24. The Morgan fingerprint density at radius 1 is 1.12 bits per heavy atom. The summed E-state index contributed by atoms with van der Waals surface area (Å²) in [6.45, 7) is -0.256. The van der Waals surface area contributed by atoms with Crippen LogP contribution in [0, 0.1) is 5.92 Å². The lowest BCUT2D eigenvalue weighted by Crippen LogP contribution is -2.23. The number of Topliss-reactive ketones (excluding diaryl/α,β-unsaturated/α-hetero) is 1. The molecule has 0 amide bonds. The predicted molar refractivity (Wildman–Crippen MR) is 59.3 cm³/mol. The summed E-state index contributed by atoms with van der Waals surface area (Å²) in [5.41, 5.74) is 0. The van der Waals surface area contributed by atoms with Gasteiger partial charge < -0.3 is 9.84 Å². The van der Waals surface area contributed by atoms with Crippen molar-refractivity contribution in [3.63, 3.8) is 0 Å². The van der Waals surface area contributed by atoms with E-state index >= 15 is 0 Å². The first-order chi connectivity index (χ1) is 8.09. The predicted octanol–water partition coefficient (Wildman–Crippen LogP) is 1.32. The van der Waals surface area contributed by atoms with E-state index in [2.05, 4.69) is 4.74 Å². The Labute approximate surface area is 99.5 Å². The van der Waals surface area contributed by atoms with Crippen LogP contribution < -0.4 is 0 Å². The molecule has 0 radical (unpaired) electrons. The van der Waals surface area contributed by atoms with Crippen LogP contribution in [-0.4, -0.2) is 29.4 Å². The molecule has 1 fully saturated rings. The summed E-state index contributed by atoms with van der Waals surface area (Å²) in [5.74, 6) is -2.08.